The smallest absolute Gasteiger partial charge is 0.228 e. The van der Waals surface area contributed by atoms with Crippen molar-refractivity contribution in [3.8, 4) is 11.8 Å². The van der Waals surface area contributed by atoms with Crippen molar-refractivity contribution in [2.75, 3.05) is 31.3 Å². The molecule has 136 valence electrons. The first-order valence-electron chi connectivity index (χ1n) is 8.28. The minimum absolute atomic E-state index is 0.0966. The van der Waals surface area contributed by atoms with E-state index in [0.29, 0.717) is 42.8 Å². The first-order chi connectivity index (χ1) is 11.9. The van der Waals surface area contributed by atoms with E-state index in [9.17, 15) is 13.2 Å². The van der Waals surface area contributed by atoms with Crippen molar-refractivity contribution in [3.05, 3.63) is 23.8 Å². The first kappa shape index (κ1) is 19.2. The zero-order valence-corrected chi connectivity index (χ0v) is 15.3. The van der Waals surface area contributed by atoms with Crippen molar-refractivity contribution in [3.63, 3.8) is 0 Å². The Labute approximate surface area is 148 Å². The average molecular weight is 365 g/mol. The van der Waals surface area contributed by atoms with E-state index in [2.05, 4.69) is 5.32 Å². The molecule has 0 saturated carbocycles. The fourth-order valence-corrected chi connectivity index (χ4v) is 4.49. The molecule has 0 spiro atoms. The normalized spacial score (nSPS) is 18.4. The summed E-state index contributed by atoms with van der Waals surface area (Å²) in [4.78, 5) is 12.6. The van der Waals surface area contributed by atoms with E-state index >= 15 is 0 Å². The highest BCUT2D eigenvalue weighted by atomic mass is 32.2. The second-order valence-corrected chi connectivity index (χ2v) is 8.12. The van der Waals surface area contributed by atoms with E-state index in [-0.39, 0.29) is 18.2 Å². The maximum absolute atomic E-state index is 12.6. The van der Waals surface area contributed by atoms with Crippen molar-refractivity contribution in [2.24, 2.45) is 5.92 Å². The van der Waals surface area contributed by atoms with Gasteiger partial charge in [-0.3, -0.25) is 4.79 Å². The van der Waals surface area contributed by atoms with Gasteiger partial charge in [0, 0.05) is 13.1 Å². The number of rotatable bonds is 6. The minimum Gasteiger partial charge on any atom is -0.495 e. The van der Waals surface area contributed by atoms with Gasteiger partial charge in [-0.25, -0.2) is 12.7 Å². The molecule has 1 fully saturated rings. The van der Waals surface area contributed by atoms with Gasteiger partial charge in [0.25, 0.3) is 0 Å². The number of carbonyl (C=O) groups is 1. The number of anilines is 1. The lowest BCUT2D eigenvalue weighted by Gasteiger charge is -2.31. The van der Waals surface area contributed by atoms with Gasteiger partial charge < -0.3 is 10.1 Å². The summed E-state index contributed by atoms with van der Waals surface area (Å²) < 4.78 is 31.1. The number of nitrogens with one attached hydrogen (secondary N) is 1. The van der Waals surface area contributed by atoms with Gasteiger partial charge in [0.05, 0.1) is 36.1 Å². The zero-order chi connectivity index (χ0) is 18.4. The highest BCUT2D eigenvalue weighted by Gasteiger charge is 2.32. The lowest BCUT2D eigenvalue weighted by molar-refractivity contribution is -0.120. The van der Waals surface area contributed by atoms with Crippen LogP contribution in [-0.4, -0.2) is 44.6 Å². The van der Waals surface area contributed by atoms with E-state index in [1.807, 2.05) is 13.0 Å². The number of benzene rings is 1. The van der Waals surface area contributed by atoms with Gasteiger partial charge in [-0.05, 0) is 37.5 Å². The number of piperidine rings is 1. The second kappa shape index (κ2) is 8.32. The SMILES string of the molecule is CCCS(=O)(=O)N1CCCC(C(=O)Nc2cc(C#N)ccc2OC)C1. The first-order valence-corrected chi connectivity index (χ1v) is 9.89. The summed E-state index contributed by atoms with van der Waals surface area (Å²) in [6.07, 6.45) is 1.83. The topological polar surface area (TPSA) is 99.5 Å². The molecule has 25 heavy (non-hydrogen) atoms. The molecular weight excluding hydrogens is 342 g/mol. The number of ether oxygens (including phenoxy) is 1. The maximum Gasteiger partial charge on any atom is 0.228 e. The Kier molecular flexibility index (Phi) is 6.39. The molecule has 0 radical (unpaired) electrons. The van der Waals surface area contributed by atoms with Crippen LogP contribution in [0.5, 0.6) is 5.75 Å². The molecular formula is C17H23N3O4S. The Morgan fingerprint density at radius 2 is 2.24 bits per heavy atom. The molecule has 7 nitrogen and oxygen atoms in total. The van der Waals surface area contributed by atoms with E-state index in [1.165, 1.54) is 11.4 Å². The summed E-state index contributed by atoms with van der Waals surface area (Å²) in [5.74, 6) is -0.126. The van der Waals surface area contributed by atoms with E-state index in [4.69, 9.17) is 10.00 Å². The molecule has 1 atom stereocenters. The van der Waals surface area contributed by atoms with Crippen LogP contribution in [0.3, 0.4) is 0 Å². The molecule has 1 aromatic carbocycles. The fraction of sp³-hybridized carbons (Fsp3) is 0.529. The van der Waals surface area contributed by atoms with Crippen molar-refractivity contribution < 1.29 is 17.9 Å². The molecule has 8 heteroatoms. The number of hydrogen-bond acceptors (Lipinski definition) is 5. The third-order valence-corrected chi connectivity index (χ3v) is 6.24. The van der Waals surface area contributed by atoms with Gasteiger partial charge in [-0.1, -0.05) is 6.92 Å². The number of hydrogen-bond donors (Lipinski definition) is 1. The summed E-state index contributed by atoms with van der Waals surface area (Å²) >= 11 is 0. The number of nitriles is 1. The molecule has 2 rings (SSSR count). The van der Waals surface area contributed by atoms with E-state index < -0.39 is 15.9 Å². The van der Waals surface area contributed by atoms with Gasteiger partial charge in [0.2, 0.25) is 15.9 Å². The molecule has 1 aliphatic heterocycles. The quantitative estimate of drug-likeness (QED) is 0.831. The van der Waals surface area contributed by atoms with Crippen LogP contribution in [0.25, 0.3) is 0 Å². The van der Waals surface area contributed by atoms with Crippen molar-refractivity contribution >= 4 is 21.6 Å². The van der Waals surface area contributed by atoms with Crippen LogP contribution in [0.4, 0.5) is 5.69 Å². The predicted octanol–water partition coefficient (Wildman–Crippen LogP) is 1.96. The monoisotopic (exact) mass is 365 g/mol. The van der Waals surface area contributed by atoms with E-state index in [1.54, 1.807) is 18.2 Å². The average Bonchev–Trinajstić information content (AvgIpc) is 2.61. The number of methoxy groups -OCH3 is 1. The Hall–Kier alpha value is -2.11. The van der Waals surface area contributed by atoms with Crippen LogP contribution in [-0.2, 0) is 14.8 Å². The van der Waals surface area contributed by atoms with Gasteiger partial charge in [0.15, 0.2) is 0 Å². The third kappa shape index (κ3) is 4.71. The Bertz CT molecular complexity index is 771. The summed E-state index contributed by atoms with van der Waals surface area (Å²) in [6, 6.07) is 6.79. The molecule has 1 aromatic rings. The molecule has 1 amide bonds. The Morgan fingerprint density at radius 3 is 2.88 bits per heavy atom. The lowest BCUT2D eigenvalue weighted by Crippen LogP contribution is -2.44. The van der Waals surface area contributed by atoms with Gasteiger partial charge in [0.1, 0.15) is 5.75 Å². The van der Waals surface area contributed by atoms with Crippen LogP contribution >= 0.6 is 0 Å². The second-order valence-electron chi connectivity index (χ2n) is 6.03. The van der Waals surface area contributed by atoms with Gasteiger partial charge >= 0.3 is 0 Å². The molecule has 1 unspecified atom stereocenters. The molecule has 1 N–H and O–H groups in total. The fourth-order valence-electron chi connectivity index (χ4n) is 2.91. The molecule has 0 aromatic heterocycles. The summed E-state index contributed by atoms with van der Waals surface area (Å²) in [5.41, 5.74) is 0.826. The lowest BCUT2D eigenvalue weighted by atomic mass is 9.98. The highest BCUT2D eigenvalue weighted by molar-refractivity contribution is 7.89. The number of sulfonamides is 1. The summed E-state index contributed by atoms with van der Waals surface area (Å²) in [5, 5.41) is 11.8. The van der Waals surface area contributed by atoms with Gasteiger partial charge in [-0.2, -0.15) is 5.26 Å². The van der Waals surface area contributed by atoms with Crippen molar-refractivity contribution in [2.45, 2.75) is 26.2 Å². The summed E-state index contributed by atoms with van der Waals surface area (Å²) in [7, 11) is -1.83. The Balaban J connectivity index is 2.12. The minimum atomic E-state index is -3.31. The standard InChI is InChI=1S/C17H23N3O4S/c1-3-9-25(22,23)20-8-4-5-14(12-20)17(21)19-15-10-13(11-18)6-7-16(15)24-2/h6-7,10,14H,3-5,8-9,12H2,1-2H3,(H,19,21). The van der Waals surface area contributed by atoms with Crippen LogP contribution in [0.1, 0.15) is 31.7 Å². The molecule has 1 saturated heterocycles. The van der Waals surface area contributed by atoms with Crippen molar-refractivity contribution in [1.29, 1.82) is 5.26 Å². The van der Waals surface area contributed by atoms with Crippen LogP contribution < -0.4 is 10.1 Å². The molecule has 1 aliphatic rings. The maximum atomic E-state index is 12.6. The Morgan fingerprint density at radius 1 is 1.48 bits per heavy atom. The summed E-state index contributed by atoms with van der Waals surface area (Å²) in [6.45, 7) is 2.47. The predicted molar refractivity (Wildman–Crippen MR) is 94.7 cm³/mol. The van der Waals surface area contributed by atoms with Crippen LogP contribution in [0, 0.1) is 17.2 Å². The van der Waals surface area contributed by atoms with Crippen molar-refractivity contribution in [1.82, 2.24) is 4.31 Å². The number of amides is 1. The zero-order valence-electron chi connectivity index (χ0n) is 14.5. The molecule has 0 bridgehead atoms. The third-order valence-electron chi connectivity index (χ3n) is 4.20. The number of carbonyl (C=O) groups excluding carboxylic acids is 1. The molecule has 1 heterocycles. The number of nitrogens with zero attached hydrogens (tertiary/aromatic N) is 2. The van der Waals surface area contributed by atoms with Crippen LogP contribution in [0.2, 0.25) is 0 Å². The van der Waals surface area contributed by atoms with Crippen LogP contribution in [0.15, 0.2) is 18.2 Å². The highest BCUT2D eigenvalue weighted by Crippen LogP contribution is 2.27. The molecule has 0 aliphatic carbocycles. The van der Waals surface area contributed by atoms with Gasteiger partial charge in [-0.15, -0.1) is 0 Å². The van der Waals surface area contributed by atoms with E-state index in [0.717, 1.165) is 0 Å². The largest absolute Gasteiger partial charge is 0.495 e.